The predicted molar refractivity (Wildman–Crippen MR) is 82.1 cm³/mol. The molecule has 21 heavy (non-hydrogen) atoms. The second kappa shape index (κ2) is 4.53. The monoisotopic (exact) mass is 297 g/mol. The highest BCUT2D eigenvalue weighted by molar-refractivity contribution is 7.15. The Hall–Kier alpha value is -1.94. The zero-order valence-corrected chi connectivity index (χ0v) is 12.3. The van der Waals surface area contributed by atoms with E-state index < -0.39 is 5.41 Å². The van der Waals surface area contributed by atoms with Gasteiger partial charge in [0.15, 0.2) is 0 Å². The molecule has 106 valence electrons. The van der Waals surface area contributed by atoms with Crippen molar-refractivity contribution in [3.63, 3.8) is 0 Å². The second-order valence-electron chi connectivity index (χ2n) is 5.80. The van der Waals surface area contributed by atoms with Gasteiger partial charge in [-0.2, -0.15) is 0 Å². The smallest absolute Gasteiger partial charge is 0.237 e. The number of carbonyl (C=O) groups excluding carboxylic acids is 2. The molecular weight excluding hydrogens is 282 g/mol. The van der Waals surface area contributed by atoms with Crippen molar-refractivity contribution >= 4 is 23.2 Å². The van der Waals surface area contributed by atoms with Gasteiger partial charge in [0.1, 0.15) is 0 Å². The molecule has 1 aliphatic carbocycles. The second-order valence-corrected chi connectivity index (χ2v) is 6.94. The summed E-state index contributed by atoms with van der Waals surface area (Å²) in [5, 5.41) is 2.49. The molecule has 1 spiro atoms. The third kappa shape index (κ3) is 1.86. The molecule has 2 amide bonds. The number of benzene rings is 1. The molecule has 1 unspecified atom stereocenters. The van der Waals surface area contributed by atoms with Crippen LogP contribution in [0.5, 0.6) is 0 Å². The molecule has 3 nitrogen and oxygen atoms in total. The first-order valence-corrected chi connectivity index (χ1v) is 8.04. The van der Waals surface area contributed by atoms with Crippen molar-refractivity contribution in [2.24, 2.45) is 0 Å². The van der Waals surface area contributed by atoms with Crippen LogP contribution < -0.4 is 5.32 Å². The highest BCUT2D eigenvalue weighted by Gasteiger charge is 2.50. The Balaban J connectivity index is 1.84. The number of thiophene rings is 1. The molecular formula is C17H15NO2S. The predicted octanol–water partition coefficient (Wildman–Crippen LogP) is 3.04. The molecule has 1 aliphatic heterocycles. The van der Waals surface area contributed by atoms with Crippen molar-refractivity contribution in [2.75, 3.05) is 0 Å². The normalized spacial score (nSPS) is 24.2. The minimum Gasteiger partial charge on any atom is -0.296 e. The van der Waals surface area contributed by atoms with Gasteiger partial charge >= 0.3 is 0 Å². The Kier molecular flexibility index (Phi) is 2.76. The number of nitrogens with one attached hydrogen (secondary N) is 1. The van der Waals surface area contributed by atoms with Crippen LogP contribution >= 0.6 is 11.3 Å². The van der Waals surface area contributed by atoms with Crippen molar-refractivity contribution < 1.29 is 9.59 Å². The summed E-state index contributed by atoms with van der Waals surface area (Å²) in [6.07, 6.45) is 3.07. The molecule has 0 bridgehead atoms. The number of hydrogen-bond acceptors (Lipinski definition) is 3. The third-order valence-electron chi connectivity index (χ3n) is 4.54. The number of imide groups is 1. The molecule has 2 heterocycles. The first-order chi connectivity index (χ1) is 10.2. The summed E-state index contributed by atoms with van der Waals surface area (Å²) in [4.78, 5) is 26.5. The highest BCUT2D eigenvalue weighted by atomic mass is 32.1. The molecule has 0 saturated carbocycles. The molecule has 1 N–H and O–H groups in total. The molecule has 4 heteroatoms. The van der Waals surface area contributed by atoms with Gasteiger partial charge in [-0.05, 0) is 36.5 Å². The highest BCUT2D eigenvalue weighted by Crippen LogP contribution is 2.47. The standard InChI is InChI=1S/C17H15NO2S/c19-15-10-17(16(20)18-15)8-4-7-13-12(17)9-14(21-13)11-5-2-1-3-6-11/h1-3,5-6,9H,4,7-8,10H2,(H,18,19,20). The lowest BCUT2D eigenvalue weighted by molar-refractivity contribution is -0.126. The Bertz CT molecular complexity index is 735. The average Bonchev–Trinajstić information content (AvgIpc) is 3.04. The number of fused-ring (bicyclic) bond motifs is 2. The van der Waals surface area contributed by atoms with Crippen LogP contribution in [0.25, 0.3) is 10.4 Å². The van der Waals surface area contributed by atoms with E-state index in [1.165, 1.54) is 15.3 Å². The lowest BCUT2D eigenvalue weighted by Gasteiger charge is -2.29. The summed E-state index contributed by atoms with van der Waals surface area (Å²) < 4.78 is 0. The third-order valence-corrected chi connectivity index (χ3v) is 5.78. The molecule has 0 radical (unpaired) electrons. The van der Waals surface area contributed by atoms with Gasteiger partial charge in [0.25, 0.3) is 0 Å². The number of rotatable bonds is 1. The van der Waals surface area contributed by atoms with E-state index in [9.17, 15) is 9.59 Å². The van der Waals surface area contributed by atoms with Crippen LogP contribution in [0.15, 0.2) is 36.4 Å². The molecule has 1 fully saturated rings. The first kappa shape index (κ1) is 12.8. The number of carbonyl (C=O) groups is 2. The van der Waals surface area contributed by atoms with E-state index in [0.717, 1.165) is 24.8 Å². The van der Waals surface area contributed by atoms with Crippen molar-refractivity contribution in [3.8, 4) is 10.4 Å². The van der Waals surface area contributed by atoms with Gasteiger partial charge in [-0.3, -0.25) is 14.9 Å². The number of hydrogen-bond donors (Lipinski definition) is 1. The molecule has 1 atom stereocenters. The van der Waals surface area contributed by atoms with Crippen LogP contribution in [-0.2, 0) is 21.4 Å². The SMILES string of the molecule is O=C1CC2(CCCc3sc(-c4ccccc4)cc32)C(=O)N1. The van der Waals surface area contributed by atoms with Crippen LogP contribution in [-0.4, -0.2) is 11.8 Å². The lowest BCUT2D eigenvalue weighted by Crippen LogP contribution is -2.37. The summed E-state index contributed by atoms with van der Waals surface area (Å²) in [6, 6.07) is 12.4. The van der Waals surface area contributed by atoms with E-state index in [1.54, 1.807) is 11.3 Å². The van der Waals surface area contributed by atoms with E-state index in [4.69, 9.17) is 0 Å². The maximum atomic E-state index is 12.3. The van der Waals surface area contributed by atoms with Gasteiger partial charge in [0.2, 0.25) is 11.8 Å². The topological polar surface area (TPSA) is 46.2 Å². The fraction of sp³-hybridized carbons (Fsp3) is 0.294. The van der Waals surface area contributed by atoms with E-state index in [-0.39, 0.29) is 11.8 Å². The van der Waals surface area contributed by atoms with E-state index >= 15 is 0 Å². The van der Waals surface area contributed by atoms with Gasteiger partial charge in [-0.1, -0.05) is 30.3 Å². The van der Waals surface area contributed by atoms with E-state index in [0.29, 0.717) is 6.42 Å². The van der Waals surface area contributed by atoms with Crippen LogP contribution in [0.1, 0.15) is 29.7 Å². The zero-order chi connectivity index (χ0) is 14.4. The summed E-state index contributed by atoms with van der Waals surface area (Å²) in [5.74, 6) is -0.244. The fourth-order valence-corrected chi connectivity index (χ4v) is 4.82. The van der Waals surface area contributed by atoms with Gasteiger partial charge in [-0.15, -0.1) is 11.3 Å². The number of amides is 2. The van der Waals surface area contributed by atoms with E-state index in [2.05, 4.69) is 23.5 Å². The summed E-state index contributed by atoms with van der Waals surface area (Å²) in [7, 11) is 0. The Morgan fingerprint density at radius 1 is 1.14 bits per heavy atom. The molecule has 1 aromatic heterocycles. The maximum Gasteiger partial charge on any atom is 0.237 e. The van der Waals surface area contributed by atoms with Crippen molar-refractivity contribution in [1.29, 1.82) is 0 Å². The summed E-state index contributed by atoms with van der Waals surface area (Å²) >= 11 is 1.76. The quantitative estimate of drug-likeness (QED) is 0.822. The Labute approximate surface area is 127 Å². The lowest BCUT2D eigenvalue weighted by atomic mass is 9.71. The van der Waals surface area contributed by atoms with Crippen LogP contribution in [0.3, 0.4) is 0 Å². The molecule has 2 aliphatic rings. The van der Waals surface area contributed by atoms with Crippen molar-refractivity contribution in [3.05, 3.63) is 46.8 Å². The van der Waals surface area contributed by atoms with Crippen LogP contribution in [0.2, 0.25) is 0 Å². The van der Waals surface area contributed by atoms with Crippen LogP contribution in [0.4, 0.5) is 0 Å². The Morgan fingerprint density at radius 3 is 2.67 bits per heavy atom. The number of aryl methyl sites for hydroxylation is 1. The van der Waals surface area contributed by atoms with Crippen molar-refractivity contribution in [2.45, 2.75) is 31.1 Å². The molecule has 2 aromatic rings. The minimum absolute atomic E-state index is 0.106. The molecule has 1 aromatic carbocycles. The minimum atomic E-state index is -0.603. The van der Waals surface area contributed by atoms with Gasteiger partial charge in [0.05, 0.1) is 5.41 Å². The Morgan fingerprint density at radius 2 is 1.95 bits per heavy atom. The first-order valence-electron chi connectivity index (χ1n) is 7.22. The summed E-state index contributed by atoms with van der Waals surface area (Å²) in [6.45, 7) is 0. The largest absolute Gasteiger partial charge is 0.296 e. The van der Waals surface area contributed by atoms with Crippen LogP contribution in [0, 0.1) is 0 Å². The molecule has 1 saturated heterocycles. The van der Waals surface area contributed by atoms with Gasteiger partial charge < -0.3 is 0 Å². The summed E-state index contributed by atoms with van der Waals surface area (Å²) in [5.41, 5.74) is 1.66. The van der Waals surface area contributed by atoms with Crippen molar-refractivity contribution in [1.82, 2.24) is 5.32 Å². The van der Waals surface area contributed by atoms with Gasteiger partial charge in [0, 0.05) is 16.2 Å². The molecule has 4 rings (SSSR count). The zero-order valence-electron chi connectivity index (χ0n) is 11.5. The van der Waals surface area contributed by atoms with Gasteiger partial charge in [-0.25, -0.2) is 0 Å². The maximum absolute atomic E-state index is 12.3. The van der Waals surface area contributed by atoms with E-state index in [1.807, 2.05) is 18.2 Å². The fourth-order valence-electron chi connectivity index (χ4n) is 3.51. The average molecular weight is 297 g/mol.